The topological polar surface area (TPSA) is 83.4 Å². The van der Waals surface area contributed by atoms with E-state index in [0.29, 0.717) is 10.6 Å². The summed E-state index contributed by atoms with van der Waals surface area (Å²) in [5.41, 5.74) is 2.46. The van der Waals surface area contributed by atoms with Crippen molar-refractivity contribution in [3.8, 4) is 10.6 Å². The number of rotatable bonds is 6. The van der Waals surface area contributed by atoms with Crippen LogP contribution >= 0.6 is 22.7 Å². The van der Waals surface area contributed by atoms with Gasteiger partial charge in [-0.2, -0.15) is 0 Å². The van der Waals surface area contributed by atoms with E-state index in [1.807, 2.05) is 60.0 Å². The molecule has 0 spiro atoms. The molecule has 1 unspecified atom stereocenters. The number of aliphatic hydroxyl groups excluding tert-OH is 1. The molecule has 3 aromatic heterocycles. The van der Waals surface area contributed by atoms with Gasteiger partial charge in [-0.15, -0.1) is 22.7 Å². The van der Waals surface area contributed by atoms with E-state index in [0.717, 1.165) is 21.0 Å². The minimum Gasteiger partial charge on any atom is -0.503 e. The number of thiophene rings is 1. The number of carbonyl (C=O) groups is 2. The van der Waals surface area contributed by atoms with Crippen LogP contribution in [0.1, 0.15) is 31.8 Å². The number of amides is 1. The predicted octanol–water partition coefficient (Wildman–Crippen LogP) is 5.35. The van der Waals surface area contributed by atoms with Gasteiger partial charge in [0, 0.05) is 29.4 Å². The third-order valence-electron chi connectivity index (χ3n) is 5.49. The maximum Gasteiger partial charge on any atom is 0.290 e. The predicted molar refractivity (Wildman–Crippen MR) is 128 cm³/mol. The molecule has 1 aromatic carbocycles. The Bertz CT molecular complexity index is 1350. The Labute approximate surface area is 198 Å². The highest BCUT2D eigenvalue weighted by Gasteiger charge is 2.45. The molecular weight excluding hydrogens is 454 g/mol. The SMILES string of the molecule is Cc1nc(-c2ccccc2)sc1C(=O)C1=C(O)C(=O)N(Cc2ccncc2)C1c1cccs1. The van der Waals surface area contributed by atoms with Crippen LogP contribution in [0, 0.1) is 6.92 Å². The van der Waals surface area contributed by atoms with Crippen molar-refractivity contribution in [1.82, 2.24) is 14.9 Å². The zero-order valence-electron chi connectivity index (χ0n) is 17.6. The van der Waals surface area contributed by atoms with E-state index in [4.69, 9.17) is 0 Å². The molecule has 0 bridgehead atoms. The normalized spacial score (nSPS) is 16.0. The first-order valence-electron chi connectivity index (χ1n) is 10.3. The summed E-state index contributed by atoms with van der Waals surface area (Å²) in [5.74, 6) is -1.42. The minimum atomic E-state index is -0.667. The number of pyridine rings is 1. The lowest BCUT2D eigenvalue weighted by Gasteiger charge is -2.25. The number of ketones is 1. The summed E-state index contributed by atoms with van der Waals surface area (Å²) in [5, 5.41) is 13.5. The van der Waals surface area contributed by atoms with Gasteiger partial charge in [-0.3, -0.25) is 14.6 Å². The molecule has 1 amide bonds. The molecule has 1 N–H and O–H groups in total. The second-order valence-corrected chi connectivity index (χ2v) is 9.58. The first-order valence-corrected chi connectivity index (χ1v) is 12.0. The van der Waals surface area contributed by atoms with Gasteiger partial charge in [0.15, 0.2) is 5.76 Å². The van der Waals surface area contributed by atoms with Crippen LogP contribution in [-0.4, -0.2) is 31.7 Å². The first kappa shape index (κ1) is 21.2. The van der Waals surface area contributed by atoms with E-state index in [1.165, 1.54) is 27.6 Å². The van der Waals surface area contributed by atoms with E-state index < -0.39 is 17.7 Å². The molecule has 33 heavy (non-hydrogen) atoms. The van der Waals surface area contributed by atoms with Crippen LogP contribution < -0.4 is 0 Å². The second-order valence-electron chi connectivity index (χ2n) is 7.60. The summed E-state index contributed by atoms with van der Waals surface area (Å²) in [6.07, 6.45) is 3.31. The Kier molecular flexibility index (Phi) is 5.62. The van der Waals surface area contributed by atoms with Crippen molar-refractivity contribution in [2.75, 3.05) is 0 Å². The number of aryl methyl sites for hydroxylation is 1. The van der Waals surface area contributed by atoms with Crippen molar-refractivity contribution in [1.29, 1.82) is 0 Å². The number of carbonyl (C=O) groups excluding carboxylic acids is 2. The zero-order valence-corrected chi connectivity index (χ0v) is 19.3. The van der Waals surface area contributed by atoms with E-state index in [1.54, 1.807) is 19.3 Å². The maximum atomic E-state index is 13.7. The van der Waals surface area contributed by atoms with Crippen molar-refractivity contribution >= 4 is 34.4 Å². The average molecular weight is 474 g/mol. The molecule has 0 saturated carbocycles. The van der Waals surface area contributed by atoms with E-state index in [9.17, 15) is 14.7 Å². The van der Waals surface area contributed by atoms with E-state index in [2.05, 4.69) is 9.97 Å². The summed E-state index contributed by atoms with van der Waals surface area (Å²) in [6.45, 7) is 2.03. The van der Waals surface area contributed by atoms with E-state index in [-0.39, 0.29) is 17.9 Å². The number of thiazole rings is 1. The van der Waals surface area contributed by atoms with Gasteiger partial charge in [-0.25, -0.2) is 4.98 Å². The summed E-state index contributed by atoms with van der Waals surface area (Å²) >= 11 is 2.72. The van der Waals surface area contributed by atoms with Crippen molar-refractivity contribution in [3.05, 3.63) is 105 Å². The van der Waals surface area contributed by atoms with Crippen molar-refractivity contribution in [2.24, 2.45) is 0 Å². The molecule has 8 heteroatoms. The fourth-order valence-electron chi connectivity index (χ4n) is 3.91. The summed E-state index contributed by atoms with van der Waals surface area (Å²) in [4.78, 5) is 38.2. The summed E-state index contributed by atoms with van der Waals surface area (Å²) in [6, 6.07) is 16.3. The van der Waals surface area contributed by atoms with Crippen LogP contribution in [0.4, 0.5) is 0 Å². The largest absolute Gasteiger partial charge is 0.503 e. The Morgan fingerprint density at radius 1 is 1.09 bits per heavy atom. The second kappa shape index (κ2) is 8.73. The monoisotopic (exact) mass is 473 g/mol. The maximum absolute atomic E-state index is 13.7. The Balaban J connectivity index is 1.55. The van der Waals surface area contributed by atoms with Gasteiger partial charge < -0.3 is 10.0 Å². The smallest absolute Gasteiger partial charge is 0.290 e. The van der Waals surface area contributed by atoms with Crippen molar-refractivity contribution in [3.63, 3.8) is 0 Å². The number of aliphatic hydroxyl groups is 1. The van der Waals surface area contributed by atoms with Crippen LogP contribution in [0.3, 0.4) is 0 Å². The molecule has 1 atom stereocenters. The molecule has 0 saturated heterocycles. The molecule has 0 aliphatic carbocycles. The number of Topliss-reactive ketones (excluding diaryl/α,β-unsaturated/α-hetero) is 1. The number of nitrogens with zero attached hydrogens (tertiary/aromatic N) is 3. The highest BCUT2D eigenvalue weighted by molar-refractivity contribution is 7.17. The third-order valence-corrected chi connectivity index (χ3v) is 7.62. The average Bonchev–Trinajstić information content (AvgIpc) is 3.56. The molecule has 164 valence electrons. The standard InChI is InChI=1S/C25H19N3O3S2/c1-15-23(33-24(27-15)17-6-3-2-4-7-17)21(29)19-20(18-8-5-13-32-18)28(25(31)22(19)30)14-16-9-11-26-12-10-16/h2-13,20,30H,14H2,1H3. The van der Waals surface area contributed by atoms with Crippen LogP contribution in [0.5, 0.6) is 0 Å². The Morgan fingerprint density at radius 2 is 1.85 bits per heavy atom. The van der Waals surface area contributed by atoms with Gasteiger partial charge in [0.1, 0.15) is 11.0 Å². The van der Waals surface area contributed by atoms with E-state index >= 15 is 0 Å². The third kappa shape index (κ3) is 3.88. The van der Waals surface area contributed by atoms with Gasteiger partial charge in [0.25, 0.3) is 5.91 Å². The summed E-state index contributed by atoms with van der Waals surface area (Å²) in [7, 11) is 0. The summed E-state index contributed by atoms with van der Waals surface area (Å²) < 4.78 is 0. The first-order chi connectivity index (χ1) is 16.0. The van der Waals surface area contributed by atoms with Crippen LogP contribution in [0.2, 0.25) is 0 Å². The van der Waals surface area contributed by atoms with Gasteiger partial charge in [-0.1, -0.05) is 36.4 Å². The molecule has 5 rings (SSSR count). The Morgan fingerprint density at radius 3 is 2.55 bits per heavy atom. The lowest BCUT2D eigenvalue weighted by molar-refractivity contribution is -0.130. The minimum absolute atomic E-state index is 0.0999. The molecule has 6 nitrogen and oxygen atoms in total. The van der Waals surface area contributed by atoms with Gasteiger partial charge in [-0.05, 0) is 36.1 Å². The lowest BCUT2D eigenvalue weighted by atomic mass is 10.00. The molecule has 1 aliphatic heterocycles. The lowest BCUT2D eigenvalue weighted by Crippen LogP contribution is -2.30. The fraction of sp³-hybridized carbons (Fsp3) is 0.120. The highest BCUT2D eigenvalue weighted by Crippen LogP contribution is 2.43. The zero-order chi connectivity index (χ0) is 22.9. The number of aromatic nitrogens is 2. The van der Waals surface area contributed by atoms with Crippen LogP contribution in [-0.2, 0) is 11.3 Å². The Hall–Kier alpha value is -3.62. The number of benzene rings is 1. The van der Waals surface area contributed by atoms with Gasteiger partial charge in [0.05, 0.1) is 16.1 Å². The quantitative estimate of drug-likeness (QED) is 0.382. The van der Waals surface area contributed by atoms with Crippen LogP contribution in [0.25, 0.3) is 10.6 Å². The molecule has 0 fully saturated rings. The number of hydrogen-bond acceptors (Lipinski definition) is 7. The van der Waals surface area contributed by atoms with Crippen molar-refractivity contribution in [2.45, 2.75) is 19.5 Å². The van der Waals surface area contributed by atoms with Gasteiger partial charge in [0.2, 0.25) is 5.78 Å². The van der Waals surface area contributed by atoms with Crippen LogP contribution in [0.15, 0.2) is 83.7 Å². The molecule has 0 radical (unpaired) electrons. The van der Waals surface area contributed by atoms with Crippen molar-refractivity contribution < 1.29 is 14.7 Å². The molecule has 1 aliphatic rings. The molecule has 4 heterocycles. The number of hydrogen-bond donors (Lipinski definition) is 1. The molecule has 4 aromatic rings. The highest BCUT2D eigenvalue weighted by atomic mass is 32.1. The van der Waals surface area contributed by atoms with Gasteiger partial charge >= 0.3 is 0 Å². The fourth-order valence-corrected chi connectivity index (χ4v) is 5.78. The molecular formula is C25H19N3O3S2.